The zero-order valence-electron chi connectivity index (χ0n) is 8.41. The molecule has 0 saturated heterocycles. The maximum absolute atomic E-state index is 11.6. The number of likely N-dealkylation sites (N-methyl/N-ethyl adjacent to an activating group) is 1. The van der Waals surface area contributed by atoms with E-state index in [9.17, 15) is 9.59 Å². The summed E-state index contributed by atoms with van der Waals surface area (Å²) in [5.74, 6) is -0.425. The Labute approximate surface area is 83.4 Å². The molecule has 3 nitrogen and oxygen atoms in total. The Morgan fingerprint density at radius 2 is 2.00 bits per heavy atom. The highest BCUT2D eigenvalue weighted by molar-refractivity contribution is 6.20. The van der Waals surface area contributed by atoms with Crippen LogP contribution in [0, 0.1) is 0 Å². The van der Waals surface area contributed by atoms with E-state index in [-0.39, 0.29) is 11.8 Å². The van der Waals surface area contributed by atoms with Crippen LogP contribution in [0.3, 0.4) is 0 Å². The van der Waals surface area contributed by atoms with E-state index in [0.717, 1.165) is 4.90 Å². The van der Waals surface area contributed by atoms with Gasteiger partial charge in [-0.2, -0.15) is 0 Å². The molecule has 1 aliphatic rings. The van der Waals surface area contributed by atoms with Crippen LogP contribution < -0.4 is 0 Å². The Hall–Kier alpha value is -1.64. The molecule has 1 heterocycles. The smallest absolute Gasteiger partial charge is 0.260 e. The molecule has 0 aromatic heterocycles. The number of hydrogen-bond acceptors (Lipinski definition) is 2. The minimum Gasteiger partial charge on any atom is -0.278 e. The van der Waals surface area contributed by atoms with Gasteiger partial charge in [0, 0.05) is 18.2 Å². The van der Waals surface area contributed by atoms with E-state index in [4.69, 9.17) is 0 Å². The van der Waals surface area contributed by atoms with Gasteiger partial charge < -0.3 is 0 Å². The molecule has 0 N–H and O–H groups in total. The molecule has 1 aliphatic heterocycles. The lowest BCUT2D eigenvalue weighted by Gasteiger charge is -2.04. The first-order valence-corrected chi connectivity index (χ1v) is 4.48. The van der Waals surface area contributed by atoms with Gasteiger partial charge in [0.1, 0.15) is 0 Å². The van der Waals surface area contributed by atoms with Gasteiger partial charge in [0.25, 0.3) is 11.8 Å². The number of carbonyl (C=O) groups is 2. The van der Waals surface area contributed by atoms with Crippen LogP contribution in [0.25, 0.3) is 0 Å². The molecular formula is C11H13NO2. The van der Waals surface area contributed by atoms with E-state index in [1.54, 1.807) is 18.2 Å². The number of amides is 2. The second-order valence-corrected chi connectivity index (χ2v) is 3.01. The Bertz CT molecular complexity index is 350. The van der Waals surface area contributed by atoms with Gasteiger partial charge in [-0.05, 0) is 12.5 Å². The fourth-order valence-corrected chi connectivity index (χ4v) is 1.40. The van der Waals surface area contributed by atoms with Crippen LogP contribution in [0.5, 0.6) is 0 Å². The Balaban J connectivity index is 3.13. The van der Waals surface area contributed by atoms with E-state index >= 15 is 0 Å². The first kappa shape index (κ1) is 10.4. The van der Waals surface area contributed by atoms with Crippen molar-refractivity contribution in [2.24, 2.45) is 0 Å². The summed E-state index contributed by atoms with van der Waals surface area (Å²) in [7, 11) is 1.50. The van der Waals surface area contributed by atoms with Gasteiger partial charge in [-0.25, -0.2) is 0 Å². The van der Waals surface area contributed by atoms with Gasteiger partial charge in [0.15, 0.2) is 0 Å². The molecule has 0 aliphatic carbocycles. The molecule has 3 heteroatoms. The number of imide groups is 1. The second kappa shape index (κ2) is 4.05. The Kier molecular flexibility index (Phi) is 3.02. The summed E-state index contributed by atoms with van der Waals surface area (Å²) in [6.45, 7) is 5.38. The summed E-state index contributed by atoms with van der Waals surface area (Å²) in [6, 6.07) is 0. The van der Waals surface area contributed by atoms with Crippen molar-refractivity contribution in [3.63, 3.8) is 0 Å². The van der Waals surface area contributed by atoms with Crippen molar-refractivity contribution in [1.82, 2.24) is 4.90 Å². The summed E-state index contributed by atoms with van der Waals surface area (Å²) >= 11 is 0. The molecule has 2 amide bonds. The maximum Gasteiger partial charge on any atom is 0.260 e. The number of rotatable bonds is 3. The van der Waals surface area contributed by atoms with Gasteiger partial charge >= 0.3 is 0 Å². The molecule has 0 bridgehead atoms. The highest BCUT2D eigenvalue weighted by Crippen LogP contribution is 2.22. The standard InChI is InChI=1S/C11H13NO2/c1-4-6-7-9-8(5-2)10(13)12(3)11(9)14/h4,6-7H,1,5H2,2-3H3/b7-6-. The van der Waals surface area contributed by atoms with Crippen LogP contribution in [0.4, 0.5) is 0 Å². The van der Waals surface area contributed by atoms with Gasteiger partial charge in [-0.15, -0.1) is 0 Å². The first-order valence-electron chi connectivity index (χ1n) is 4.48. The summed E-state index contributed by atoms with van der Waals surface area (Å²) in [5, 5.41) is 0. The molecule has 14 heavy (non-hydrogen) atoms. The third-order valence-electron chi connectivity index (χ3n) is 2.18. The van der Waals surface area contributed by atoms with Crippen molar-refractivity contribution < 1.29 is 9.59 Å². The van der Waals surface area contributed by atoms with E-state index in [1.807, 2.05) is 6.92 Å². The summed E-state index contributed by atoms with van der Waals surface area (Å²) in [5.41, 5.74) is 1.07. The third-order valence-corrected chi connectivity index (χ3v) is 2.18. The maximum atomic E-state index is 11.6. The molecular weight excluding hydrogens is 178 g/mol. The van der Waals surface area contributed by atoms with Crippen molar-refractivity contribution in [2.75, 3.05) is 7.05 Å². The van der Waals surface area contributed by atoms with E-state index < -0.39 is 0 Å². The van der Waals surface area contributed by atoms with Crippen molar-refractivity contribution in [3.05, 3.63) is 36.0 Å². The average molecular weight is 191 g/mol. The third kappa shape index (κ3) is 1.53. The van der Waals surface area contributed by atoms with Gasteiger partial charge in [-0.3, -0.25) is 14.5 Å². The molecule has 0 saturated carbocycles. The van der Waals surface area contributed by atoms with Gasteiger partial charge in [0.2, 0.25) is 0 Å². The molecule has 0 fully saturated rings. The fraction of sp³-hybridized carbons (Fsp3) is 0.273. The molecule has 0 spiro atoms. The van der Waals surface area contributed by atoms with Gasteiger partial charge in [0.05, 0.1) is 0 Å². The molecule has 0 aromatic rings. The van der Waals surface area contributed by atoms with Crippen molar-refractivity contribution in [3.8, 4) is 0 Å². The predicted octanol–water partition coefficient (Wildman–Crippen LogP) is 1.43. The molecule has 0 atom stereocenters. The molecule has 0 aromatic carbocycles. The molecule has 0 radical (unpaired) electrons. The van der Waals surface area contributed by atoms with Crippen LogP contribution >= 0.6 is 0 Å². The van der Waals surface area contributed by atoms with Gasteiger partial charge in [-0.1, -0.05) is 25.7 Å². The minimum absolute atomic E-state index is 0.193. The number of allylic oxidation sites excluding steroid dienone is 2. The predicted molar refractivity (Wildman–Crippen MR) is 54.4 cm³/mol. The summed E-state index contributed by atoms with van der Waals surface area (Å²) in [4.78, 5) is 24.2. The van der Waals surface area contributed by atoms with Crippen molar-refractivity contribution in [1.29, 1.82) is 0 Å². The monoisotopic (exact) mass is 191 g/mol. The van der Waals surface area contributed by atoms with Crippen LogP contribution in [0.15, 0.2) is 36.0 Å². The lowest BCUT2D eigenvalue weighted by Crippen LogP contribution is -2.26. The van der Waals surface area contributed by atoms with E-state index in [0.29, 0.717) is 17.6 Å². The van der Waals surface area contributed by atoms with Crippen LogP contribution in [0.1, 0.15) is 13.3 Å². The Morgan fingerprint density at radius 3 is 2.50 bits per heavy atom. The number of carbonyl (C=O) groups excluding carboxylic acids is 2. The topological polar surface area (TPSA) is 37.4 Å². The van der Waals surface area contributed by atoms with Crippen LogP contribution in [0.2, 0.25) is 0 Å². The zero-order chi connectivity index (χ0) is 10.7. The normalized spacial score (nSPS) is 17.4. The zero-order valence-corrected chi connectivity index (χ0v) is 8.41. The highest BCUT2D eigenvalue weighted by atomic mass is 16.2. The fourth-order valence-electron chi connectivity index (χ4n) is 1.40. The van der Waals surface area contributed by atoms with Crippen molar-refractivity contribution in [2.45, 2.75) is 13.3 Å². The Morgan fingerprint density at radius 1 is 1.36 bits per heavy atom. The van der Waals surface area contributed by atoms with Crippen LogP contribution in [-0.4, -0.2) is 23.8 Å². The lowest BCUT2D eigenvalue weighted by molar-refractivity contribution is -0.135. The van der Waals surface area contributed by atoms with E-state index in [2.05, 4.69) is 6.58 Å². The molecule has 0 unspecified atom stereocenters. The van der Waals surface area contributed by atoms with E-state index in [1.165, 1.54) is 7.05 Å². The number of nitrogens with zero attached hydrogens (tertiary/aromatic N) is 1. The summed E-state index contributed by atoms with van der Waals surface area (Å²) < 4.78 is 0. The average Bonchev–Trinajstić information content (AvgIpc) is 2.39. The first-order chi connectivity index (χ1) is 6.63. The SMILES string of the molecule is C=C/C=C\C1=C(CC)C(=O)N(C)C1=O. The number of hydrogen-bond donors (Lipinski definition) is 0. The minimum atomic E-state index is -0.232. The molecule has 74 valence electrons. The highest BCUT2D eigenvalue weighted by Gasteiger charge is 2.32. The van der Waals surface area contributed by atoms with Crippen molar-refractivity contribution >= 4 is 11.8 Å². The second-order valence-electron chi connectivity index (χ2n) is 3.01. The quantitative estimate of drug-likeness (QED) is 0.500. The summed E-state index contributed by atoms with van der Waals surface area (Å²) in [6.07, 6.45) is 5.45. The largest absolute Gasteiger partial charge is 0.278 e. The lowest BCUT2D eigenvalue weighted by atomic mass is 10.1. The van der Waals surface area contributed by atoms with Crippen LogP contribution in [-0.2, 0) is 9.59 Å². The molecule has 1 rings (SSSR count).